The summed E-state index contributed by atoms with van der Waals surface area (Å²) in [6.07, 6.45) is 1.36. The highest BCUT2D eigenvalue weighted by Crippen LogP contribution is 2.36. The molecule has 1 aromatic heterocycles. The number of hydrogen-bond donors (Lipinski definition) is 2. The fraction of sp³-hybridized carbons (Fsp3) is 0.400. The Morgan fingerprint density at radius 2 is 2.07 bits per heavy atom. The van der Waals surface area contributed by atoms with Gasteiger partial charge < -0.3 is 15.4 Å². The minimum Gasteiger partial charge on any atom is -0.452 e. The lowest BCUT2D eigenvalue weighted by molar-refractivity contribution is -0.153. The van der Waals surface area contributed by atoms with Crippen LogP contribution in [0.2, 0.25) is 0 Å². The molecule has 154 valence electrons. The average molecular weight is 417 g/mol. The third kappa shape index (κ3) is 4.97. The summed E-state index contributed by atoms with van der Waals surface area (Å²) in [5.41, 5.74) is 0.734. The molecule has 0 bridgehead atoms. The lowest BCUT2D eigenvalue weighted by Gasteiger charge is -2.23. The first-order valence-corrected chi connectivity index (χ1v) is 10.4. The Morgan fingerprint density at radius 3 is 2.83 bits per heavy atom. The molecule has 2 aromatic rings. The van der Waals surface area contributed by atoms with Crippen LogP contribution in [0.25, 0.3) is 0 Å². The molecule has 1 aliphatic rings. The van der Waals surface area contributed by atoms with Gasteiger partial charge in [0.2, 0.25) is 5.91 Å². The Bertz CT molecular complexity index is 913. The monoisotopic (exact) mass is 416 g/mol. The van der Waals surface area contributed by atoms with E-state index in [9.17, 15) is 14.4 Å². The summed E-state index contributed by atoms with van der Waals surface area (Å²) in [5, 5.41) is 9.14. The Balaban J connectivity index is 1.55. The number of rotatable bonds is 7. The number of carbonyl (C=O) groups excluding carboxylic acids is 3. The molecule has 2 N–H and O–H groups in total. The number of para-hydroxylation sites is 1. The first-order valence-electron chi connectivity index (χ1n) is 9.49. The van der Waals surface area contributed by atoms with E-state index in [1.807, 2.05) is 38.1 Å². The predicted octanol–water partition coefficient (Wildman–Crippen LogP) is 3.23. The highest BCUT2D eigenvalue weighted by Gasteiger charge is 2.30. The third-order valence-electron chi connectivity index (χ3n) is 4.67. The molecule has 29 heavy (non-hydrogen) atoms. The first kappa shape index (κ1) is 20.9. The Labute approximate surface area is 173 Å². The second-order valence-corrected chi connectivity index (χ2v) is 8.08. The zero-order chi connectivity index (χ0) is 21.0. The molecular formula is C20H24N4O4S. The van der Waals surface area contributed by atoms with Crippen molar-refractivity contribution in [2.75, 3.05) is 10.6 Å². The molecule has 0 spiro atoms. The van der Waals surface area contributed by atoms with Crippen molar-refractivity contribution in [1.82, 2.24) is 9.78 Å². The summed E-state index contributed by atoms with van der Waals surface area (Å²) in [5.74, 6) is -0.754. The number of anilines is 2. The van der Waals surface area contributed by atoms with Crippen LogP contribution in [0.1, 0.15) is 39.7 Å². The molecule has 2 amide bonds. The van der Waals surface area contributed by atoms with Crippen molar-refractivity contribution >= 4 is 41.1 Å². The van der Waals surface area contributed by atoms with E-state index in [-0.39, 0.29) is 18.4 Å². The average Bonchev–Trinajstić information content (AvgIpc) is 3.15. The van der Waals surface area contributed by atoms with Gasteiger partial charge in [0.25, 0.3) is 5.91 Å². The van der Waals surface area contributed by atoms with Gasteiger partial charge in [-0.25, -0.2) is 4.68 Å². The molecule has 0 saturated carbocycles. The number of carbonyl (C=O) groups is 3. The smallest absolute Gasteiger partial charge is 0.308 e. The van der Waals surface area contributed by atoms with E-state index >= 15 is 0 Å². The van der Waals surface area contributed by atoms with E-state index in [1.54, 1.807) is 16.9 Å². The molecule has 3 atom stereocenters. The number of thioether (sulfide) groups is 1. The number of hydrogen-bond acceptors (Lipinski definition) is 6. The molecule has 9 heteroatoms. The number of nitrogens with zero attached hydrogens (tertiary/aromatic N) is 2. The quantitative estimate of drug-likeness (QED) is 0.672. The maximum absolute atomic E-state index is 12.4. The fourth-order valence-corrected chi connectivity index (χ4v) is 3.94. The summed E-state index contributed by atoms with van der Waals surface area (Å²) in [4.78, 5) is 37.8. The Kier molecular flexibility index (Phi) is 6.58. The van der Waals surface area contributed by atoms with Crippen LogP contribution in [-0.4, -0.2) is 38.9 Å². The highest BCUT2D eigenvalue weighted by atomic mass is 32.2. The number of amides is 2. The van der Waals surface area contributed by atoms with Crippen molar-refractivity contribution in [3.63, 3.8) is 0 Å². The van der Waals surface area contributed by atoms with Gasteiger partial charge in [0.15, 0.2) is 6.10 Å². The van der Waals surface area contributed by atoms with Crippen LogP contribution in [-0.2, 0) is 19.1 Å². The van der Waals surface area contributed by atoms with E-state index in [2.05, 4.69) is 15.7 Å². The zero-order valence-electron chi connectivity index (χ0n) is 16.5. The number of esters is 1. The van der Waals surface area contributed by atoms with Crippen LogP contribution in [0.3, 0.4) is 0 Å². The van der Waals surface area contributed by atoms with Crippen molar-refractivity contribution in [3.05, 3.63) is 36.5 Å². The second kappa shape index (κ2) is 9.13. The molecule has 0 radical (unpaired) electrons. The highest BCUT2D eigenvalue weighted by molar-refractivity contribution is 8.01. The SMILES string of the molecule is CC[C@@H](C)n1nccc1NC(=O)[C@@H](C)OC(=O)C[C@H]1Sc2ccccc2NC1=O. The predicted molar refractivity (Wildman–Crippen MR) is 111 cm³/mol. The molecule has 0 unspecified atom stereocenters. The normalized spacial score (nSPS) is 17.6. The lowest BCUT2D eigenvalue weighted by Crippen LogP contribution is -2.35. The van der Waals surface area contributed by atoms with Gasteiger partial charge in [-0.15, -0.1) is 11.8 Å². The largest absolute Gasteiger partial charge is 0.452 e. The summed E-state index contributed by atoms with van der Waals surface area (Å²) in [6, 6.07) is 9.22. The minimum atomic E-state index is -0.994. The van der Waals surface area contributed by atoms with Crippen molar-refractivity contribution < 1.29 is 19.1 Å². The summed E-state index contributed by atoms with van der Waals surface area (Å²) >= 11 is 1.32. The molecule has 3 rings (SSSR count). The number of ether oxygens (including phenoxy) is 1. The van der Waals surface area contributed by atoms with Gasteiger partial charge in [0.1, 0.15) is 5.82 Å². The fourth-order valence-electron chi connectivity index (χ4n) is 2.84. The minimum absolute atomic E-state index is 0.118. The first-order chi connectivity index (χ1) is 13.9. The zero-order valence-corrected chi connectivity index (χ0v) is 17.4. The van der Waals surface area contributed by atoms with Gasteiger partial charge in [0.05, 0.1) is 29.6 Å². The second-order valence-electron chi connectivity index (χ2n) is 6.84. The van der Waals surface area contributed by atoms with Crippen LogP contribution in [0.15, 0.2) is 41.4 Å². The van der Waals surface area contributed by atoms with Crippen molar-refractivity contribution in [1.29, 1.82) is 0 Å². The van der Waals surface area contributed by atoms with E-state index in [0.29, 0.717) is 5.82 Å². The summed E-state index contributed by atoms with van der Waals surface area (Å²) < 4.78 is 6.97. The lowest BCUT2D eigenvalue weighted by atomic mass is 10.2. The Morgan fingerprint density at radius 1 is 1.31 bits per heavy atom. The van der Waals surface area contributed by atoms with Crippen molar-refractivity contribution in [2.24, 2.45) is 0 Å². The Hall–Kier alpha value is -2.81. The molecule has 0 aliphatic carbocycles. The molecule has 1 aromatic carbocycles. The van der Waals surface area contributed by atoms with E-state index in [0.717, 1.165) is 17.0 Å². The van der Waals surface area contributed by atoms with Crippen molar-refractivity contribution in [2.45, 2.75) is 55.9 Å². The van der Waals surface area contributed by atoms with Gasteiger partial charge in [0, 0.05) is 11.0 Å². The third-order valence-corrected chi connectivity index (χ3v) is 5.94. The molecule has 0 fully saturated rings. The van der Waals surface area contributed by atoms with Crippen LogP contribution >= 0.6 is 11.8 Å². The summed E-state index contributed by atoms with van der Waals surface area (Å²) in [6.45, 7) is 5.53. The van der Waals surface area contributed by atoms with Gasteiger partial charge in [-0.3, -0.25) is 14.4 Å². The van der Waals surface area contributed by atoms with Gasteiger partial charge >= 0.3 is 5.97 Å². The number of nitrogens with one attached hydrogen (secondary N) is 2. The van der Waals surface area contributed by atoms with E-state index < -0.39 is 23.2 Å². The van der Waals surface area contributed by atoms with E-state index in [1.165, 1.54) is 18.7 Å². The van der Waals surface area contributed by atoms with Crippen LogP contribution in [0, 0.1) is 0 Å². The molecular weight excluding hydrogens is 392 g/mol. The molecule has 0 saturated heterocycles. The standard InChI is InChI=1S/C20H24N4O4S/c1-4-12(2)24-17(9-10-21-24)23-19(26)13(3)28-18(25)11-16-20(27)22-14-7-5-6-8-15(14)29-16/h5-10,12-13,16H,4,11H2,1-3H3,(H,22,27)(H,23,26)/t12-,13-,16-/m1/s1. The van der Waals surface area contributed by atoms with Crippen LogP contribution < -0.4 is 10.6 Å². The maximum Gasteiger partial charge on any atom is 0.308 e. The molecule has 2 heterocycles. The van der Waals surface area contributed by atoms with Gasteiger partial charge in [-0.2, -0.15) is 5.10 Å². The van der Waals surface area contributed by atoms with Gasteiger partial charge in [-0.05, 0) is 32.4 Å². The molecule has 8 nitrogen and oxygen atoms in total. The number of fused-ring (bicyclic) bond motifs is 1. The maximum atomic E-state index is 12.4. The van der Waals surface area contributed by atoms with Crippen LogP contribution in [0.4, 0.5) is 11.5 Å². The van der Waals surface area contributed by atoms with E-state index in [4.69, 9.17) is 4.74 Å². The van der Waals surface area contributed by atoms with Crippen molar-refractivity contribution in [3.8, 4) is 0 Å². The topological polar surface area (TPSA) is 102 Å². The summed E-state index contributed by atoms with van der Waals surface area (Å²) in [7, 11) is 0. The van der Waals surface area contributed by atoms with Crippen LogP contribution in [0.5, 0.6) is 0 Å². The number of aromatic nitrogens is 2. The molecule has 1 aliphatic heterocycles. The van der Waals surface area contributed by atoms with Gasteiger partial charge in [-0.1, -0.05) is 19.1 Å². The number of benzene rings is 1.